The third kappa shape index (κ3) is 4.68. The lowest BCUT2D eigenvalue weighted by Crippen LogP contribution is -2.51. The van der Waals surface area contributed by atoms with Crippen LogP contribution in [0.5, 0.6) is 0 Å². The highest BCUT2D eigenvalue weighted by Crippen LogP contribution is 2.22. The van der Waals surface area contributed by atoms with Crippen molar-refractivity contribution in [3.8, 4) is 0 Å². The maximum atomic E-state index is 13.3. The molecule has 2 rings (SSSR count). The van der Waals surface area contributed by atoms with Gasteiger partial charge in [-0.15, -0.1) is 12.4 Å². The second kappa shape index (κ2) is 7.95. The molecule has 1 aromatic carbocycles. The maximum absolute atomic E-state index is 13.3. The van der Waals surface area contributed by atoms with Gasteiger partial charge in [0.25, 0.3) is 0 Å². The number of hydrogen-bond donors (Lipinski definition) is 2. The minimum absolute atomic E-state index is 0. The number of halogens is 2. The van der Waals surface area contributed by atoms with Crippen LogP contribution in [0.2, 0.25) is 0 Å². The molecule has 7 heteroatoms. The number of amides is 2. The summed E-state index contributed by atoms with van der Waals surface area (Å²) in [5.74, 6) is -0.714. The number of carbonyl (C=O) groups excluding carboxylic acids is 2. The average Bonchev–Trinajstić information content (AvgIpc) is 2.44. The number of carbonyl (C=O) groups is 2. The minimum atomic E-state index is -0.317. The van der Waals surface area contributed by atoms with Crippen molar-refractivity contribution >= 4 is 24.2 Å². The van der Waals surface area contributed by atoms with Crippen LogP contribution in [0.4, 0.5) is 4.39 Å². The molecule has 1 saturated heterocycles. The summed E-state index contributed by atoms with van der Waals surface area (Å²) >= 11 is 0. The van der Waals surface area contributed by atoms with Gasteiger partial charge in [-0.3, -0.25) is 9.59 Å². The topological polar surface area (TPSA) is 61.4 Å². The van der Waals surface area contributed by atoms with Crippen LogP contribution in [0.1, 0.15) is 18.5 Å². The van der Waals surface area contributed by atoms with Crippen molar-refractivity contribution in [2.75, 3.05) is 26.2 Å². The van der Waals surface area contributed by atoms with Crippen molar-refractivity contribution in [1.82, 2.24) is 15.5 Å². The molecule has 1 aliphatic heterocycles. The molecule has 1 unspecified atom stereocenters. The molecule has 5 nitrogen and oxygen atoms in total. The molecular weight excluding hydrogens is 297 g/mol. The molecule has 0 radical (unpaired) electrons. The van der Waals surface area contributed by atoms with Crippen molar-refractivity contribution in [2.45, 2.75) is 13.0 Å². The Kier molecular flexibility index (Phi) is 6.58. The summed E-state index contributed by atoms with van der Waals surface area (Å²) in [5, 5.41) is 5.70. The number of benzene rings is 1. The van der Waals surface area contributed by atoms with Crippen molar-refractivity contribution in [3.05, 3.63) is 35.6 Å². The molecule has 2 N–H and O–H groups in total. The number of hydrogen-bond acceptors (Lipinski definition) is 3. The molecule has 1 aliphatic rings. The van der Waals surface area contributed by atoms with E-state index >= 15 is 0 Å². The Morgan fingerprint density at radius 3 is 2.90 bits per heavy atom. The van der Waals surface area contributed by atoms with E-state index in [0.29, 0.717) is 19.6 Å². The Balaban J connectivity index is 0.00000220. The fourth-order valence-corrected chi connectivity index (χ4v) is 2.32. The van der Waals surface area contributed by atoms with Crippen LogP contribution in [-0.4, -0.2) is 42.9 Å². The number of nitrogens with zero attached hydrogens (tertiary/aromatic N) is 1. The van der Waals surface area contributed by atoms with E-state index in [1.54, 1.807) is 17.0 Å². The van der Waals surface area contributed by atoms with Gasteiger partial charge in [0.05, 0.1) is 12.6 Å². The zero-order valence-electron chi connectivity index (χ0n) is 11.8. The van der Waals surface area contributed by atoms with Crippen LogP contribution in [-0.2, 0) is 9.59 Å². The molecule has 2 amide bonds. The monoisotopic (exact) mass is 315 g/mol. The van der Waals surface area contributed by atoms with Crippen LogP contribution in [0, 0.1) is 5.82 Å². The predicted molar refractivity (Wildman–Crippen MR) is 79.7 cm³/mol. The Labute approximate surface area is 129 Å². The summed E-state index contributed by atoms with van der Waals surface area (Å²) in [5.41, 5.74) is 0.758. The smallest absolute Gasteiger partial charge is 0.242 e. The van der Waals surface area contributed by atoms with Crippen molar-refractivity contribution in [1.29, 1.82) is 0 Å². The van der Waals surface area contributed by atoms with Crippen LogP contribution >= 0.6 is 12.4 Å². The lowest BCUT2D eigenvalue weighted by atomic mass is 10.0. The highest BCUT2D eigenvalue weighted by molar-refractivity contribution is 5.85. The van der Waals surface area contributed by atoms with Gasteiger partial charge >= 0.3 is 0 Å². The SMILES string of the molecule is CC(=O)NCC(=O)N1CCNCC1c1cccc(F)c1.Cl. The van der Waals surface area contributed by atoms with Gasteiger partial charge in [0, 0.05) is 26.6 Å². The molecule has 1 fully saturated rings. The molecular formula is C14H19ClFN3O2. The summed E-state index contributed by atoms with van der Waals surface area (Å²) in [4.78, 5) is 24.7. The van der Waals surface area contributed by atoms with Crippen LogP contribution in [0.25, 0.3) is 0 Å². The van der Waals surface area contributed by atoms with Gasteiger partial charge in [-0.25, -0.2) is 4.39 Å². The first kappa shape index (κ1) is 17.4. The Bertz CT molecular complexity index is 513. The van der Waals surface area contributed by atoms with Gasteiger partial charge in [0.1, 0.15) is 5.82 Å². The summed E-state index contributed by atoms with van der Waals surface area (Å²) in [7, 11) is 0. The first-order chi connectivity index (χ1) is 9.58. The fraction of sp³-hybridized carbons (Fsp3) is 0.429. The first-order valence-corrected chi connectivity index (χ1v) is 6.58. The van der Waals surface area contributed by atoms with Crippen LogP contribution in [0.15, 0.2) is 24.3 Å². The van der Waals surface area contributed by atoms with E-state index in [-0.39, 0.29) is 42.6 Å². The third-order valence-electron chi connectivity index (χ3n) is 3.29. The maximum Gasteiger partial charge on any atom is 0.242 e. The van der Waals surface area contributed by atoms with E-state index < -0.39 is 0 Å². The zero-order valence-corrected chi connectivity index (χ0v) is 12.6. The van der Waals surface area contributed by atoms with Gasteiger partial charge in [-0.1, -0.05) is 12.1 Å². The predicted octanol–water partition coefficient (Wildman–Crippen LogP) is 0.857. The van der Waals surface area contributed by atoms with Gasteiger partial charge in [0.2, 0.25) is 11.8 Å². The van der Waals surface area contributed by atoms with Gasteiger partial charge < -0.3 is 15.5 Å². The van der Waals surface area contributed by atoms with Gasteiger partial charge in [0.15, 0.2) is 0 Å². The van der Waals surface area contributed by atoms with E-state index in [1.807, 2.05) is 0 Å². The summed E-state index contributed by atoms with van der Waals surface area (Å²) in [6.45, 7) is 3.16. The van der Waals surface area contributed by atoms with Gasteiger partial charge in [-0.2, -0.15) is 0 Å². The molecule has 116 valence electrons. The van der Waals surface area contributed by atoms with Crippen molar-refractivity contribution in [3.63, 3.8) is 0 Å². The highest BCUT2D eigenvalue weighted by Gasteiger charge is 2.27. The molecule has 1 aromatic rings. The Hall–Kier alpha value is -1.66. The van der Waals surface area contributed by atoms with E-state index in [1.165, 1.54) is 19.1 Å². The quantitative estimate of drug-likeness (QED) is 0.869. The molecule has 0 spiro atoms. The standard InChI is InChI=1S/C14H18FN3O2.ClH/c1-10(19)17-9-14(20)18-6-5-16-8-13(18)11-3-2-4-12(15)7-11;/h2-4,7,13,16H,5-6,8-9H2,1H3,(H,17,19);1H. The number of piperazine rings is 1. The average molecular weight is 316 g/mol. The van der Waals surface area contributed by atoms with E-state index in [4.69, 9.17) is 0 Å². The molecule has 1 atom stereocenters. The minimum Gasteiger partial charge on any atom is -0.347 e. The normalized spacial score (nSPS) is 17.8. The summed E-state index contributed by atoms with van der Waals surface area (Å²) in [6.07, 6.45) is 0. The Morgan fingerprint density at radius 1 is 1.48 bits per heavy atom. The highest BCUT2D eigenvalue weighted by atomic mass is 35.5. The second-order valence-corrected chi connectivity index (χ2v) is 4.77. The fourth-order valence-electron chi connectivity index (χ4n) is 2.32. The summed E-state index contributed by atoms with van der Waals surface area (Å²) < 4.78 is 13.3. The first-order valence-electron chi connectivity index (χ1n) is 6.58. The molecule has 0 saturated carbocycles. The molecule has 0 aromatic heterocycles. The zero-order chi connectivity index (χ0) is 14.5. The van der Waals surface area contributed by atoms with Crippen LogP contribution < -0.4 is 10.6 Å². The number of nitrogens with one attached hydrogen (secondary N) is 2. The van der Waals surface area contributed by atoms with Crippen LogP contribution in [0.3, 0.4) is 0 Å². The second-order valence-electron chi connectivity index (χ2n) is 4.77. The largest absolute Gasteiger partial charge is 0.347 e. The number of rotatable bonds is 3. The van der Waals surface area contributed by atoms with Crippen molar-refractivity contribution in [2.24, 2.45) is 0 Å². The lowest BCUT2D eigenvalue weighted by molar-refractivity contribution is -0.135. The van der Waals surface area contributed by atoms with Gasteiger partial charge in [-0.05, 0) is 17.7 Å². The molecule has 0 bridgehead atoms. The van der Waals surface area contributed by atoms with E-state index in [0.717, 1.165) is 5.56 Å². The Morgan fingerprint density at radius 2 is 2.24 bits per heavy atom. The van der Waals surface area contributed by atoms with E-state index in [2.05, 4.69) is 10.6 Å². The molecule has 0 aliphatic carbocycles. The molecule has 1 heterocycles. The van der Waals surface area contributed by atoms with E-state index in [9.17, 15) is 14.0 Å². The third-order valence-corrected chi connectivity index (χ3v) is 3.29. The summed E-state index contributed by atoms with van der Waals surface area (Å²) in [6, 6.07) is 6.05. The van der Waals surface area contributed by atoms with Crippen molar-refractivity contribution < 1.29 is 14.0 Å². The lowest BCUT2D eigenvalue weighted by Gasteiger charge is -2.36. The molecule has 21 heavy (non-hydrogen) atoms.